The van der Waals surface area contributed by atoms with Gasteiger partial charge in [-0.2, -0.15) is 0 Å². The third-order valence-electron chi connectivity index (χ3n) is 8.25. The molecule has 2 aromatic carbocycles. The molecule has 1 fully saturated rings. The maximum atomic E-state index is 13.7. The summed E-state index contributed by atoms with van der Waals surface area (Å²) in [7, 11) is 2.05. The summed E-state index contributed by atoms with van der Waals surface area (Å²) >= 11 is 0. The first-order chi connectivity index (χ1) is 19.0. The van der Waals surface area contributed by atoms with E-state index in [1.54, 1.807) is 24.3 Å². The van der Waals surface area contributed by atoms with E-state index in [0.29, 0.717) is 33.6 Å². The van der Waals surface area contributed by atoms with Crippen molar-refractivity contribution in [2.24, 2.45) is 0 Å². The minimum absolute atomic E-state index is 0.123. The predicted molar refractivity (Wildman–Crippen MR) is 152 cm³/mol. The molecule has 7 heteroatoms. The van der Waals surface area contributed by atoms with E-state index in [2.05, 4.69) is 15.5 Å². The van der Waals surface area contributed by atoms with Crippen LogP contribution >= 0.6 is 0 Å². The van der Waals surface area contributed by atoms with Gasteiger partial charge in [0.15, 0.2) is 5.58 Å². The molecule has 0 atom stereocenters. The maximum Gasteiger partial charge on any atom is 0.348 e. The van der Waals surface area contributed by atoms with Crippen LogP contribution in [0.3, 0.4) is 0 Å². The van der Waals surface area contributed by atoms with Crippen molar-refractivity contribution in [1.82, 2.24) is 4.58 Å². The summed E-state index contributed by atoms with van der Waals surface area (Å²) in [6.07, 6.45) is 5.50. The van der Waals surface area contributed by atoms with E-state index in [1.807, 2.05) is 31.3 Å². The lowest BCUT2D eigenvalue weighted by Crippen LogP contribution is -2.34. The molecule has 3 aliphatic heterocycles. The third kappa shape index (κ3) is 3.83. The van der Waals surface area contributed by atoms with E-state index in [1.165, 1.54) is 12.0 Å². The lowest BCUT2D eigenvalue weighted by atomic mass is 9.90. The van der Waals surface area contributed by atoms with E-state index >= 15 is 0 Å². The molecule has 0 unspecified atom stereocenters. The van der Waals surface area contributed by atoms with Gasteiger partial charge < -0.3 is 18.8 Å². The van der Waals surface area contributed by atoms with E-state index in [-0.39, 0.29) is 10.9 Å². The second-order valence-electron chi connectivity index (χ2n) is 10.7. The van der Waals surface area contributed by atoms with Gasteiger partial charge in [0.1, 0.15) is 29.8 Å². The largest absolute Gasteiger partial charge is 0.478 e. The topological polar surface area (TPSA) is 86.9 Å². The molecule has 0 bridgehead atoms. The summed E-state index contributed by atoms with van der Waals surface area (Å²) in [5, 5.41) is 12.1. The number of aryl methyl sites for hydroxylation is 1. The van der Waals surface area contributed by atoms with Crippen molar-refractivity contribution < 1.29 is 18.7 Å². The average Bonchev–Trinajstić information content (AvgIpc) is 2.96. The quantitative estimate of drug-likeness (QED) is 0.146. The van der Waals surface area contributed by atoms with Crippen LogP contribution in [0.4, 0.5) is 5.69 Å². The van der Waals surface area contributed by atoms with Crippen LogP contribution in [0.15, 0.2) is 68.2 Å². The number of carboxylic acids is 1. The zero-order chi connectivity index (χ0) is 26.7. The number of carbonyl (C=O) groups is 1. The smallest absolute Gasteiger partial charge is 0.348 e. The minimum Gasteiger partial charge on any atom is -0.478 e. The predicted octanol–water partition coefficient (Wildman–Crippen LogP) is 5.35. The number of benzene rings is 3. The van der Waals surface area contributed by atoms with Crippen molar-refractivity contribution in [1.29, 1.82) is 0 Å². The van der Waals surface area contributed by atoms with Gasteiger partial charge in [-0.05, 0) is 48.6 Å². The highest BCUT2D eigenvalue weighted by molar-refractivity contribution is 6.13. The van der Waals surface area contributed by atoms with Crippen LogP contribution in [-0.4, -0.2) is 37.8 Å². The van der Waals surface area contributed by atoms with Crippen LogP contribution in [0.2, 0.25) is 0 Å². The van der Waals surface area contributed by atoms with Gasteiger partial charge in [-0.3, -0.25) is 0 Å². The van der Waals surface area contributed by atoms with Crippen molar-refractivity contribution in [3.63, 3.8) is 0 Å². The maximum absolute atomic E-state index is 13.7. The molecule has 7 rings (SSSR count). The molecule has 1 aromatic heterocycles. The fourth-order valence-electron chi connectivity index (χ4n) is 6.32. The first-order valence-electron chi connectivity index (χ1n) is 13.6. The second-order valence-corrected chi connectivity index (χ2v) is 10.7. The monoisotopic (exact) mass is 521 g/mol. The molecule has 0 spiro atoms. The van der Waals surface area contributed by atoms with E-state index in [4.69, 9.17) is 8.83 Å². The van der Waals surface area contributed by atoms with Crippen LogP contribution in [0, 0.1) is 0 Å². The Labute approximate surface area is 224 Å². The molecular weight excluding hydrogens is 492 g/mol. The number of anilines is 1. The lowest BCUT2D eigenvalue weighted by molar-refractivity contribution is 0.0697. The summed E-state index contributed by atoms with van der Waals surface area (Å²) in [6.45, 7) is 2.92. The molecule has 1 N–H and O–H groups in total. The Morgan fingerprint density at radius 1 is 0.949 bits per heavy atom. The fourth-order valence-corrected chi connectivity index (χ4v) is 6.32. The summed E-state index contributed by atoms with van der Waals surface area (Å²) in [6, 6.07) is 16.8. The van der Waals surface area contributed by atoms with Crippen LogP contribution < -0.4 is 20.5 Å². The standard InChI is InChI=1S/C32H28N2O5/c1-33-13-7-8-19-16-24-27(18-25(19)33)39-32(37)29-28(21-9-3-4-10-22(21)31(35)36)23-12-11-20(17-26(23)38-30(24)29)34-14-5-2-6-15-34/h3-4,9-12,16-18H,2,5-8,13-15H2,1H3/p+1. The Hall–Kier alpha value is -4.39. The summed E-state index contributed by atoms with van der Waals surface area (Å²) in [5.74, 6) is -0.442. The third-order valence-corrected chi connectivity index (χ3v) is 8.25. The Kier molecular flexibility index (Phi) is 5.54. The zero-order valence-corrected chi connectivity index (χ0v) is 21.8. The van der Waals surface area contributed by atoms with Crippen molar-refractivity contribution in [2.75, 3.05) is 31.6 Å². The lowest BCUT2D eigenvalue weighted by Gasteiger charge is -2.27. The van der Waals surface area contributed by atoms with Crippen LogP contribution in [0.1, 0.15) is 41.6 Å². The normalized spacial score (nSPS) is 15.7. The van der Waals surface area contributed by atoms with Crippen molar-refractivity contribution in [3.05, 3.63) is 81.5 Å². The minimum atomic E-state index is -1.06. The first-order valence-corrected chi connectivity index (χ1v) is 13.6. The Balaban J connectivity index is 1.65. The first kappa shape index (κ1) is 23.7. The molecule has 4 heterocycles. The molecule has 0 saturated carbocycles. The van der Waals surface area contributed by atoms with Gasteiger partial charge in [0.2, 0.25) is 5.36 Å². The Morgan fingerprint density at radius 2 is 1.77 bits per heavy atom. The Morgan fingerprint density at radius 3 is 2.59 bits per heavy atom. The molecule has 0 radical (unpaired) electrons. The number of hydrogen-bond donors (Lipinski definition) is 1. The average molecular weight is 522 g/mol. The van der Waals surface area contributed by atoms with E-state index in [9.17, 15) is 14.7 Å². The summed E-state index contributed by atoms with van der Waals surface area (Å²) < 4.78 is 14.9. The number of aromatic carboxylic acids is 1. The van der Waals surface area contributed by atoms with Gasteiger partial charge in [0.05, 0.1) is 17.0 Å². The van der Waals surface area contributed by atoms with Gasteiger partial charge in [-0.25, -0.2) is 14.2 Å². The fraction of sp³-hybridized carbons (Fsp3) is 0.281. The highest BCUT2D eigenvalue weighted by Gasteiger charge is 2.27. The SMILES string of the molecule is CN1CCCc2cc3c(cc21)oc(=O)c1c(-c2ccccc2C(=O)O)c2ccc(=[N+]4CCCCC4)cc-2oc13. The highest BCUT2D eigenvalue weighted by atomic mass is 16.4. The van der Waals surface area contributed by atoms with Crippen molar-refractivity contribution in [2.45, 2.75) is 32.1 Å². The highest BCUT2D eigenvalue weighted by Crippen LogP contribution is 2.43. The van der Waals surface area contributed by atoms with Crippen LogP contribution in [0.25, 0.3) is 44.4 Å². The van der Waals surface area contributed by atoms with Crippen molar-refractivity contribution >= 4 is 33.6 Å². The molecule has 39 heavy (non-hydrogen) atoms. The number of nitrogens with zero attached hydrogens (tertiary/aromatic N) is 2. The Bertz CT molecular complexity index is 1890. The molecule has 3 aromatic rings. The van der Waals surface area contributed by atoms with Crippen LogP contribution in [0.5, 0.6) is 0 Å². The van der Waals surface area contributed by atoms with Crippen molar-refractivity contribution in [3.8, 4) is 22.5 Å². The summed E-state index contributed by atoms with van der Waals surface area (Å²) in [4.78, 5) is 28.1. The van der Waals surface area contributed by atoms with Gasteiger partial charge in [-0.1, -0.05) is 18.2 Å². The molecule has 1 saturated heterocycles. The van der Waals surface area contributed by atoms with Gasteiger partial charge in [0.25, 0.3) is 0 Å². The molecule has 4 aliphatic rings. The number of rotatable bonds is 2. The molecular formula is C32H29N2O5+. The molecule has 196 valence electrons. The number of carboxylic acid groups (broad SMARTS) is 1. The zero-order valence-electron chi connectivity index (χ0n) is 21.8. The van der Waals surface area contributed by atoms with E-state index in [0.717, 1.165) is 61.7 Å². The number of fused-ring (bicyclic) bond motifs is 5. The van der Waals surface area contributed by atoms with Gasteiger partial charge in [-0.15, -0.1) is 0 Å². The van der Waals surface area contributed by atoms with Gasteiger partial charge in [0, 0.05) is 55.4 Å². The number of hydrogen-bond acceptors (Lipinski definition) is 5. The van der Waals surface area contributed by atoms with Crippen LogP contribution in [-0.2, 0) is 6.42 Å². The van der Waals surface area contributed by atoms with Gasteiger partial charge >= 0.3 is 11.6 Å². The molecule has 1 aliphatic carbocycles. The van der Waals surface area contributed by atoms with E-state index < -0.39 is 11.6 Å². The second kappa shape index (κ2) is 9.12. The number of piperidine rings is 1. The summed E-state index contributed by atoms with van der Waals surface area (Å²) in [5.41, 5.74) is 4.38. The molecule has 0 amide bonds. The molecule has 7 nitrogen and oxygen atoms in total.